The van der Waals surface area contributed by atoms with Gasteiger partial charge in [0, 0.05) is 38.4 Å². The summed E-state index contributed by atoms with van der Waals surface area (Å²) in [5.41, 5.74) is 2.29. The van der Waals surface area contributed by atoms with Crippen molar-refractivity contribution in [2.24, 2.45) is 0 Å². The zero-order chi connectivity index (χ0) is 19.2. The highest BCUT2D eigenvalue weighted by Gasteiger charge is 2.16. The van der Waals surface area contributed by atoms with Crippen LogP contribution in [0, 0.1) is 0 Å². The van der Waals surface area contributed by atoms with Gasteiger partial charge < -0.3 is 19.9 Å². The number of halogens is 1. The summed E-state index contributed by atoms with van der Waals surface area (Å²) in [7, 11) is 2.15. The maximum atomic E-state index is 12.3. The summed E-state index contributed by atoms with van der Waals surface area (Å²) < 4.78 is 5.65. The van der Waals surface area contributed by atoms with Crippen LogP contribution >= 0.6 is 11.6 Å². The van der Waals surface area contributed by atoms with Crippen molar-refractivity contribution >= 4 is 23.2 Å². The number of hydrogen-bond acceptors (Lipinski definition) is 4. The van der Waals surface area contributed by atoms with Gasteiger partial charge in [0.15, 0.2) is 6.10 Å². The van der Waals surface area contributed by atoms with Crippen molar-refractivity contribution < 1.29 is 9.53 Å². The molecule has 0 radical (unpaired) electrons. The number of para-hydroxylation sites is 1. The number of rotatable bonds is 6. The number of hydrogen-bond donors (Lipinski definition) is 1. The van der Waals surface area contributed by atoms with E-state index in [9.17, 15) is 4.79 Å². The molecular weight excluding hydrogens is 362 g/mol. The van der Waals surface area contributed by atoms with Gasteiger partial charge in [-0.3, -0.25) is 4.79 Å². The van der Waals surface area contributed by atoms with Gasteiger partial charge in [-0.15, -0.1) is 0 Å². The van der Waals surface area contributed by atoms with E-state index in [1.165, 1.54) is 5.69 Å². The number of nitrogens with zero attached hydrogens (tertiary/aromatic N) is 2. The molecule has 0 aliphatic carbocycles. The summed E-state index contributed by atoms with van der Waals surface area (Å²) >= 11 is 6.07. The number of benzene rings is 2. The van der Waals surface area contributed by atoms with Crippen molar-refractivity contribution in [1.29, 1.82) is 0 Å². The molecule has 6 heteroatoms. The predicted molar refractivity (Wildman–Crippen MR) is 110 cm³/mol. The number of carbonyl (C=O) groups is 1. The van der Waals surface area contributed by atoms with Gasteiger partial charge in [-0.25, -0.2) is 0 Å². The first-order valence-corrected chi connectivity index (χ1v) is 9.62. The van der Waals surface area contributed by atoms with Crippen LogP contribution in [-0.4, -0.2) is 50.1 Å². The molecule has 1 heterocycles. The summed E-state index contributed by atoms with van der Waals surface area (Å²) in [5.74, 6) is 0.344. The lowest BCUT2D eigenvalue weighted by atomic mass is 10.1. The van der Waals surface area contributed by atoms with Crippen LogP contribution in [0.25, 0.3) is 0 Å². The highest BCUT2D eigenvalue weighted by molar-refractivity contribution is 6.32. The van der Waals surface area contributed by atoms with E-state index >= 15 is 0 Å². The summed E-state index contributed by atoms with van der Waals surface area (Å²) in [6.07, 6.45) is -0.616. The number of anilines is 1. The summed E-state index contributed by atoms with van der Waals surface area (Å²) in [6, 6.07) is 15.5. The Kier molecular flexibility index (Phi) is 6.58. The largest absolute Gasteiger partial charge is 0.479 e. The second-order valence-corrected chi connectivity index (χ2v) is 7.27. The molecule has 1 aliphatic rings. The third-order valence-corrected chi connectivity index (χ3v) is 5.09. The topological polar surface area (TPSA) is 44.8 Å². The summed E-state index contributed by atoms with van der Waals surface area (Å²) in [4.78, 5) is 17.0. The van der Waals surface area contributed by atoms with E-state index in [-0.39, 0.29) is 5.91 Å². The molecule has 5 nitrogen and oxygen atoms in total. The average molecular weight is 388 g/mol. The maximum Gasteiger partial charge on any atom is 0.261 e. The van der Waals surface area contributed by atoms with E-state index in [1.807, 2.05) is 12.1 Å². The quantitative estimate of drug-likeness (QED) is 0.826. The average Bonchev–Trinajstić information content (AvgIpc) is 2.69. The smallest absolute Gasteiger partial charge is 0.261 e. The molecule has 1 N–H and O–H groups in total. The minimum atomic E-state index is -0.616. The first-order chi connectivity index (χ1) is 13.0. The number of ether oxygens (including phenoxy) is 1. The molecule has 0 aromatic heterocycles. The molecule has 27 heavy (non-hydrogen) atoms. The highest BCUT2D eigenvalue weighted by atomic mass is 35.5. The molecule has 2 aromatic rings. The van der Waals surface area contributed by atoms with Crippen LogP contribution in [0.5, 0.6) is 5.75 Å². The lowest BCUT2D eigenvalue weighted by molar-refractivity contribution is -0.127. The van der Waals surface area contributed by atoms with Gasteiger partial charge >= 0.3 is 0 Å². The number of carbonyl (C=O) groups excluding carboxylic acids is 1. The van der Waals surface area contributed by atoms with Crippen molar-refractivity contribution in [1.82, 2.24) is 10.2 Å². The fraction of sp³-hybridized carbons (Fsp3) is 0.381. The SMILES string of the molecule is C[C@H](Oc1ccccc1Cl)C(=O)NCc1ccc(N2CCN(C)CC2)cc1. The zero-order valence-corrected chi connectivity index (χ0v) is 16.6. The van der Waals surface area contributed by atoms with E-state index in [0.29, 0.717) is 17.3 Å². The zero-order valence-electron chi connectivity index (χ0n) is 15.8. The van der Waals surface area contributed by atoms with Crippen molar-refractivity contribution in [3.63, 3.8) is 0 Å². The summed E-state index contributed by atoms with van der Waals surface area (Å²) in [5, 5.41) is 3.41. The van der Waals surface area contributed by atoms with Crippen LogP contribution in [-0.2, 0) is 11.3 Å². The standard InChI is InChI=1S/C21H26ClN3O2/c1-16(27-20-6-4-3-5-19(20)22)21(26)23-15-17-7-9-18(10-8-17)25-13-11-24(2)12-14-25/h3-10,16H,11-15H2,1-2H3,(H,23,26)/t16-/m0/s1. The van der Waals surface area contributed by atoms with Crippen molar-refractivity contribution in [2.75, 3.05) is 38.1 Å². The lowest BCUT2D eigenvalue weighted by Gasteiger charge is -2.34. The Balaban J connectivity index is 1.49. The van der Waals surface area contributed by atoms with Crippen molar-refractivity contribution in [2.45, 2.75) is 19.6 Å². The Bertz CT molecular complexity index is 758. The minimum Gasteiger partial charge on any atom is -0.479 e. The maximum absolute atomic E-state index is 12.3. The van der Waals surface area contributed by atoms with E-state index in [2.05, 4.69) is 46.4 Å². The van der Waals surface area contributed by atoms with Gasteiger partial charge in [-0.1, -0.05) is 35.9 Å². The van der Waals surface area contributed by atoms with E-state index in [1.54, 1.807) is 19.1 Å². The Morgan fingerprint density at radius 3 is 2.44 bits per heavy atom. The van der Waals surface area contributed by atoms with Crippen LogP contribution < -0.4 is 15.0 Å². The molecule has 1 fully saturated rings. The Labute approximate surface area is 165 Å². The van der Waals surface area contributed by atoms with Gasteiger partial charge in [0.1, 0.15) is 5.75 Å². The third-order valence-electron chi connectivity index (χ3n) is 4.78. The molecule has 1 aliphatic heterocycles. The Morgan fingerprint density at radius 2 is 1.78 bits per heavy atom. The van der Waals surface area contributed by atoms with Gasteiger partial charge in [0.25, 0.3) is 5.91 Å². The molecular formula is C21H26ClN3O2. The third kappa shape index (κ3) is 5.37. The van der Waals surface area contributed by atoms with E-state index < -0.39 is 6.10 Å². The second kappa shape index (κ2) is 9.11. The first kappa shape index (κ1) is 19.5. The van der Waals surface area contributed by atoms with Crippen molar-refractivity contribution in [3.05, 3.63) is 59.1 Å². The van der Waals surface area contributed by atoms with Crippen LogP contribution in [0.3, 0.4) is 0 Å². The predicted octanol–water partition coefficient (Wildman–Crippen LogP) is 3.18. The summed E-state index contributed by atoms with van der Waals surface area (Å²) in [6.45, 7) is 6.45. The van der Waals surface area contributed by atoms with Crippen LogP contribution in [0.2, 0.25) is 5.02 Å². The second-order valence-electron chi connectivity index (χ2n) is 6.87. The molecule has 1 saturated heterocycles. The van der Waals surface area contributed by atoms with Crippen LogP contribution in [0.15, 0.2) is 48.5 Å². The van der Waals surface area contributed by atoms with Crippen LogP contribution in [0.4, 0.5) is 5.69 Å². The van der Waals surface area contributed by atoms with Gasteiger partial charge in [0.2, 0.25) is 0 Å². The molecule has 0 bridgehead atoms. The van der Waals surface area contributed by atoms with Crippen LogP contribution in [0.1, 0.15) is 12.5 Å². The Hall–Kier alpha value is -2.24. The molecule has 0 unspecified atom stereocenters. The van der Waals surface area contributed by atoms with Gasteiger partial charge in [0.05, 0.1) is 5.02 Å². The molecule has 1 amide bonds. The molecule has 3 rings (SSSR count). The fourth-order valence-corrected chi connectivity index (χ4v) is 3.19. The Morgan fingerprint density at radius 1 is 1.11 bits per heavy atom. The molecule has 144 valence electrons. The lowest BCUT2D eigenvalue weighted by Crippen LogP contribution is -2.44. The number of amides is 1. The number of piperazine rings is 1. The molecule has 2 aromatic carbocycles. The van der Waals surface area contributed by atoms with E-state index in [4.69, 9.17) is 16.3 Å². The number of likely N-dealkylation sites (N-methyl/N-ethyl adjacent to an activating group) is 1. The van der Waals surface area contributed by atoms with Gasteiger partial charge in [-0.2, -0.15) is 0 Å². The number of nitrogens with one attached hydrogen (secondary N) is 1. The first-order valence-electron chi connectivity index (χ1n) is 9.24. The highest BCUT2D eigenvalue weighted by Crippen LogP contribution is 2.24. The van der Waals surface area contributed by atoms with E-state index in [0.717, 1.165) is 31.7 Å². The fourth-order valence-electron chi connectivity index (χ4n) is 3.01. The van der Waals surface area contributed by atoms with Gasteiger partial charge in [-0.05, 0) is 43.8 Å². The minimum absolute atomic E-state index is 0.168. The molecule has 0 saturated carbocycles. The molecule has 1 atom stereocenters. The monoisotopic (exact) mass is 387 g/mol. The molecule has 0 spiro atoms. The normalized spacial score (nSPS) is 16.0. The van der Waals surface area contributed by atoms with Crippen molar-refractivity contribution in [3.8, 4) is 5.75 Å².